The monoisotopic (exact) mass is 185 g/mol. The van der Waals surface area contributed by atoms with E-state index in [1.165, 1.54) is 0 Å². The first-order valence-electron chi connectivity index (χ1n) is 4.59. The first-order valence-corrected chi connectivity index (χ1v) is 4.59. The molecule has 0 fully saturated rings. The third-order valence-corrected chi connectivity index (χ3v) is 1.46. The smallest absolute Gasteiger partial charge is 0.268 e. The van der Waals surface area contributed by atoms with Gasteiger partial charge in [-0.05, 0) is 20.3 Å². The van der Waals surface area contributed by atoms with Crippen LogP contribution in [0.3, 0.4) is 0 Å². The Morgan fingerprint density at radius 3 is 2.54 bits per heavy atom. The van der Waals surface area contributed by atoms with E-state index in [2.05, 4.69) is 10.7 Å². The molecule has 0 aliphatic heterocycles. The Morgan fingerprint density at radius 2 is 2.15 bits per heavy atom. The van der Waals surface area contributed by atoms with E-state index in [-0.39, 0.29) is 11.9 Å². The number of nitrogens with one attached hydrogen (secondary N) is 2. The molecule has 0 aromatic heterocycles. The molecular weight excluding hydrogens is 166 g/mol. The summed E-state index contributed by atoms with van der Waals surface area (Å²) in [5.41, 5.74) is 2.83. The molecule has 0 heterocycles. The Kier molecular flexibility index (Phi) is 5.97. The fourth-order valence-electron chi connectivity index (χ4n) is 0.846. The quantitative estimate of drug-likeness (QED) is 0.335. The highest BCUT2D eigenvalue weighted by atomic mass is 16.2. The van der Waals surface area contributed by atoms with Crippen LogP contribution in [0.1, 0.15) is 33.6 Å². The van der Waals surface area contributed by atoms with Crippen molar-refractivity contribution < 1.29 is 4.79 Å². The molecule has 0 saturated carbocycles. The molecule has 0 saturated heterocycles. The number of nitrogens with two attached hydrogens (primary N) is 1. The number of unbranched alkanes of at least 4 members (excludes halogenated alkanes) is 1. The highest BCUT2D eigenvalue weighted by Crippen LogP contribution is 1.95. The third kappa shape index (κ3) is 5.25. The van der Waals surface area contributed by atoms with Crippen molar-refractivity contribution in [2.45, 2.75) is 39.7 Å². The molecule has 0 spiro atoms. The van der Waals surface area contributed by atoms with Crippen LogP contribution >= 0.6 is 0 Å². The van der Waals surface area contributed by atoms with Crippen LogP contribution in [-0.2, 0) is 4.79 Å². The molecule has 76 valence electrons. The second-order valence-corrected chi connectivity index (χ2v) is 3.18. The zero-order valence-corrected chi connectivity index (χ0v) is 8.55. The fourth-order valence-corrected chi connectivity index (χ4v) is 0.846. The van der Waals surface area contributed by atoms with Gasteiger partial charge in [0.1, 0.15) is 5.70 Å². The van der Waals surface area contributed by atoms with Gasteiger partial charge in [-0.3, -0.25) is 10.6 Å². The number of rotatable bonds is 5. The summed E-state index contributed by atoms with van der Waals surface area (Å²) in [6, 6.07) is 0.130. The molecule has 0 rings (SSSR count). The topological polar surface area (TPSA) is 67.1 Å². The lowest BCUT2D eigenvalue weighted by Crippen LogP contribution is -2.38. The van der Waals surface area contributed by atoms with Gasteiger partial charge in [0.15, 0.2) is 0 Å². The summed E-state index contributed by atoms with van der Waals surface area (Å²) in [6.07, 6.45) is 3.66. The summed E-state index contributed by atoms with van der Waals surface area (Å²) >= 11 is 0. The molecule has 1 amide bonds. The van der Waals surface area contributed by atoms with E-state index in [1.54, 1.807) is 6.08 Å². The number of carbonyl (C=O) groups excluding carboxylic acids is 1. The summed E-state index contributed by atoms with van der Waals surface area (Å²) in [7, 11) is 0. The lowest BCUT2D eigenvalue weighted by molar-refractivity contribution is -0.118. The number of carbonyl (C=O) groups is 1. The van der Waals surface area contributed by atoms with Crippen LogP contribution in [0.15, 0.2) is 11.8 Å². The first-order chi connectivity index (χ1) is 6.11. The van der Waals surface area contributed by atoms with Gasteiger partial charge in [-0.2, -0.15) is 0 Å². The Hall–Kier alpha value is -1.03. The first kappa shape index (κ1) is 12.0. The number of allylic oxidation sites excluding steroid dienone is 1. The Bertz CT molecular complexity index is 187. The van der Waals surface area contributed by atoms with Gasteiger partial charge in [0.05, 0.1) is 0 Å². The molecule has 0 unspecified atom stereocenters. The average molecular weight is 185 g/mol. The highest BCUT2D eigenvalue weighted by molar-refractivity contribution is 5.92. The molecule has 0 aliphatic carbocycles. The zero-order valence-electron chi connectivity index (χ0n) is 8.55. The van der Waals surface area contributed by atoms with Gasteiger partial charge >= 0.3 is 0 Å². The molecule has 4 N–H and O–H groups in total. The van der Waals surface area contributed by atoms with Crippen molar-refractivity contribution in [1.82, 2.24) is 10.7 Å². The number of hydrogen-bond acceptors (Lipinski definition) is 3. The van der Waals surface area contributed by atoms with Crippen LogP contribution in [0, 0.1) is 0 Å². The molecule has 0 bridgehead atoms. The maximum atomic E-state index is 11.4. The summed E-state index contributed by atoms with van der Waals surface area (Å²) in [5, 5.41) is 2.75. The van der Waals surface area contributed by atoms with Gasteiger partial charge in [-0.25, -0.2) is 0 Å². The van der Waals surface area contributed by atoms with Crippen LogP contribution in [0.25, 0.3) is 0 Å². The minimum Gasteiger partial charge on any atom is -0.349 e. The van der Waals surface area contributed by atoms with Crippen molar-refractivity contribution in [3.63, 3.8) is 0 Å². The lowest BCUT2D eigenvalue weighted by Gasteiger charge is -2.10. The second-order valence-electron chi connectivity index (χ2n) is 3.18. The molecule has 13 heavy (non-hydrogen) atoms. The second kappa shape index (κ2) is 6.48. The van der Waals surface area contributed by atoms with Gasteiger partial charge < -0.3 is 10.7 Å². The minimum absolute atomic E-state index is 0.130. The van der Waals surface area contributed by atoms with Crippen molar-refractivity contribution in [3.05, 3.63) is 11.8 Å². The van der Waals surface area contributed by atoms with E-state index in [9.17, 15) is 4.79 Å². The van der Waals surface area contributed by atoms with Crippen molar-refractivity contribution >= 4 is 5.91 Å². The molecule has 0 aliphatic rings. The minimum atomic E-state index is -0.147. The lowest BCUT2D eigenvalue weighted by atomic mass is 10.2. The number of amides is 1. The van der Waals surface area contributed by atoms with E-state index < -0.39 is 0 Å². The molecule has 4 nitrogen and oxygen atoms in total. The predicted octanol–water partition coefficient (Wildman–Crippen LogP) is 0.658. The Balaban J connectivity index is 4.14. The molecule has 0 aromatic carbocycles. The number of hydrazine groups is 1. The zero-order chi connectivity index (χ0) is 10.3. The standard InChI is InChI=1S/C9H19N3O/c1-4-5-6-8(12-10)9(13)11-7(2)3/h6-7,12H,4-5,10H2,1-3H3,(H,11,13)/b8-6-. The van der Waals surface area contributed by atoms with Gasteiger partial charge in [0.2, 0.25) is 0 Å². The van der Waals surface area contributed by atoms with Crippen molar-refractivity contribution in [3.8, 4) is 0 Å². The average Bonchev–Trinajstić information content (AvgIpc) is 2.04. The number of hydrogen-bond donors (Lipinski definition) is 3. The Morgan fingerprint density at radius 1 is 1.54 bits per heavy atom. The van der Waals surface area contributed by atoms with E-state index in [0.717, 1.165) is 12.8 Å². The van der Waals surface area contributed by atoms with Crippen molar-refractivity contribution in [2.75, 3.05) is 0 Å². The van der Waals surface area contributed by atoms with Gasteiger partial charge in [0.25, 0.3) is 5.91 Å². The van der Waals surface area contributed by atoms with Crippen molar-refractivity contribution in [1.29, 1.82) is 0 Å². The maximum Gasteiger partial charge on any atom is 0.268 e. The maximum absolute atomic E-state index is 11.4. The van der Waals surface area contributed by atoms with Crippen molar-refractivity contribution in [2.24, 2.45) is 5.84 Å². The van der Waals surface area contributed by atoms with Crippen LogP contribution in [0.2, 0.25) is 0 Å². The summed E-state index contributed by atoms with van der Waals surface area (Å²) < 4.78 is 0. The largest absolute Gasteiger partial charge is 0.349 e. The van der Waals surface area contributed by atoms with Crippen LogP contribution < -0.4 is 16.6 Å². The highest BCUT2D eigenvalue weighted by Gasteiger charge is 2.07. The van der Waals surface area contributed by atoms with E-state index >= 15 is 0 Å². The van der Waals surface area contributed by atoms with Gasteiger partial charge in [-0.15, -0.1) is 0 Å². The normalized spacial score (nSPS) is 11.6. The molecule has 4 heteroatoms. The molecule has 0 radical (unpaired) electrons. The summed E-state index contributed by atoms with van der Waals surface area (Å²) in [6.45, 7) is 5.86. The van der Waals surface area contributed by atoms with Gasteiger partial charge in [0, 0.05) is 6.04 Å². The Labute approximate surface area is 79.5 Å². The van der Waals surface area contributed by atoms with Gasteiger partial charge in [-0.1, -0.05) is 19.4 Å². The van der Waals surface area contributed by atoms with Crippen LogP contribution in [0.4, 0.5) is 0 Å². The third-order valence-electron chi connectivity index (χ3n) is 1.46. The van der Waals surface area contributed by atoms with E-state index in [0.29, 0.717) is 5.70 Å². The SMILES string of the molecule is CCC/C=C(\NN)C(=O)NC(C)C. The fraction of sp³-hybridized carbons (Fsp3) is 0.667. The molecule has 0 atom stereocenters. The summed E-state index contributed by atoms with van der Waals surface area (Å²) in [5.74, 6) is 5.06. The van der Waals surface area contributed by atoms with E-state index in [1.807, 2.05) is 20.8 Å². The molecule has 0 aromatic rings. The predicted molar refractivity (Wildman–Crippen MR) is 53.6 cm³/mol. The summed E-state index contributed by atoms with van der Waals surface area (Å²) in [4.78, 5) is 11.4. The van der Waals surface area contributed by atoms with Crippen LogP contribution in [-0.4, -0.2) is 11.9 Å². The molecular formula is C9H19N3O. The van der Waals surface area contributed by atoms with Crippen LogP contribution in [0.5, 0.6) is 0 Å². The van der Waals surface area contributed by atoms with E-state index in [4.69, 9.17) is 5.84 Å².